The zero-order chi connectivity index (χ0) is 14.5. The Labute approximate surface area is 115 Å². The molecule has 20 heavy (non-hydrogen) atoms. The lowest BCUT2D eigenvalue weighted by molar-refractivity contribution is -0.628. The summed E-state index contributed by atoms with van der Waals surface area (Å²) in [7, 11) is 0. The van der Waals surface area contributed by atoms with Gasteiger partial charge in [-0.15, -0.1) is 0 Å². The van der Waals surface area contributed by atoms with Crippen LogP contribution in [-0.2, 0) is 0 Å². The monoisotopic (exact) mass is 272 g/mol. The molecule has 0 saturated carbocycles. The SMILES string of the molecule is O=[N+]([O-])[C@H](c1ccccc1)[C@@H](c1ccccc1)[N+](=O)[O-]. The van der Waals surface area contributed by atoms with Gasteiger partial charge < -0.3 is 0 Å². The molecular weight excluding hydrogens is 260 g/mol. The third-order valence-electron chi connectivity index (χ3n) is 3.04. The molecule has 0 saturated heterocycles. The second-order valence-electron chi connectivity index (χ2n) is 4.28. The highest BCUT2D eigenvalue weighted by molar-refractivity contribution is 5.24. The third-order valence-corrected chi connectivity index (χ3v) is 3.04. The lowest BCUT2D eigenvalue weighted by Crippen LogP contribution is -2.25. The van der Waals surface area contributed by atoms with Crippen LogP contribution in [0.2, 0.25) is 0 Å². The van der Waals surface area contributed by atoms with Crippen LogP contribution >= 0.6 is 0 Å². The Kier molecular flexibility index (Phi) is 4.05. The second kappa shape index (κ2) is 5.92. The van der Waals surface area contributed by atoms with Gasteiger partial charge in [0, 0.05) is 21.0 Å². The van der Waals surface area contributed by atoms with Crippen LogP contribution in [0, 0.1) is 20.2 Å². The molecule has 0 radical (unpaired) electrons. The van der Waals surface area contributed by atoms with E-state index in [-0.39, 0.29) is 0 Å². The predicted molar refractivity (Wildman–Crippen MR) is 72.4 cm³/mol. The Morgan fingerprint density at radius 2 is 0.950 bits per heavy atom. The molecule has 0 unspecified atom stereocenters. The van der Waals surface area contributed by atoms with Gasteiger partial charge in [0.15, 0.2) is 0 Å². The molecule has 0 aliphatic rings. The van der Waals surface area contributed by atoms with Crippen LogP contribution < -0.4 is 0 Å². The van der Waals surface area contributed by atoms with Gasteiger partial charge in [-0.2, -0.15) is 0 Å². The highest BCUT2D eigenvalue weighted by atomic mass is 16.6. The van der Waals surface area contributed by atoms with Crippen molar-refractivity contribution in [1.29, 1.82) is 0 Å². The number of hydrogen-bond acceptors (Lipinski definition) is 4. The highest BCUT2D eigenvalue weighted by Gasteiger charge is 2.43. The maximum absolute atomic E-state index is 11.3. The summed E-state index contributed by atoms with van der Waals surface area (Å²) >= 11 is 0. The van der Waals surface area contributed by atoms with Crippen molar-refractivity contribution in [2.45, 2.75) is 12.1 Å². The molecule has 2 rings (SSSR count). The standard InChI is InChI=1S/C14H12N2O4/c17-15(18)13(11-7-3-1-4-8-11)14(16(19)20)12-9-5-2-6-10-12/h1-10,13-14H/t13-,14-/m1/s1. The minimum absolute atomic E-state index is 0.322. The summed E-state index contributed by atoms with van der Waals surface area (Å²) in [6, 6.07) is 13.3. The number of hydrogen-bond donors (Lipinski definition) is 0. The van der Waals surface area contributed by atoms with Crippen molar-refractivity contribution in [2.24, 2.45) is 0 Å². The third kappa shape index (κ3) is 2.80. The maximum Gasteiger partial charge on any atom is 0.308 e. The van der Waals surface area contributed by atoms with Crippen molar-refractivity contribution in [2.75, 3.05) is 0 Å². The zero-order valence-corrected chi connectivity index (χ0v) is 10.5. The van der Waals surface area contributed by atoms with Gasteiger partial charge in [0.2, 0.25) is 0 Å². The normalized spacial score (nSPS) is 13.4. The predicted octanol–water partition coefficient (Wildman–Crippen LogP) is 3.02. The molecule has 0 spiro atoms. The first-order valence-electron chi connectivity index (χ1n) is 5.98. The summed E-state index contributed by atoms with van der Waals surface area (Å²) in [4.78, 5) is 21.4. The number of benzene rings is 2. The van der Waals surface area contributed by atoms with Gasteiger partial charge in [-0.05, 0) is 0 Å². The number of nitrogens with zero attached hydrogens (tertiary/aromatic N) is 2. The molecule has 0 aliphatic carbocycles. The van der Waals surface area contributed by atoms with E-state index < -0.39 is 21.9 Å². The smallest absolute Gasteiger partial charge is 0.264 e. The van der Waals surface area contributed by atoms with Crippen LogP contribution in [0.3, 0.4) is 0 Å². The van der Waals surface area contributed by atoms with Crippen molar-refractivity contribution in [3.63, 3.8) is 0 Å². The molecule has 0 fully saturated rings. The van der Waals surface area contributed by atoms with E-state index in [0.717, 1.165) is 0 Å². The first kappa shape index (κ1) is 13.7. The fraction of sp³-hybridized carbons (Fsp3) is 0.143. The molecule has 2 atom stereocenters. The Bertz CT molecular complexity index is 546. The van der Waals surface area contributed by atoms with Crippen LogP contribution in [0.15, 0.2) is 60.7 Å². The second-order valence-corrected chi connectivity index (χ2v) is 4.28. The molecule has 2 aromatic rings. The Morgan fingerprint density at radius 1 is 0.650 bits per heavy atom. The summed E-state index contributed by atoms with van der Waals surface area (Å²) in [5.74, 6) is 0. The van der Waals surface area contributed by atoms with E-state index in [1.54, 1.807) is 36.4 Å². The molecule has 0 aliphatic heterocycles. The van der Waals surface area contributed by atoms with Gasteiger partial charge in [-0.3, -0.25) is 20.2 Å². The molecule has 6 nitrogen and oxygen atoms in total. The zero-order valence-electron chi connectivity index (χ0n) is 10.5. The molecule has 0 bridgehead atoms. The van der Waals surface area contributed by atoms with E-state index >= 15 is 0 Å². The molecule has 0 amide bonds. The first-order valence-corrected chi connectivity index (χ1v) is 5.98. The van der Waals surface area contributed by atoms with Gasteiger partial charge in [-0.1, -0.05) is 60.7 Å². The van der Waals surface area contributed by atoms with Crippen LogP contribution in [0.4, 0.5) is 0 Å². The molecule has 0 aromatic heterocycles. The van der Waals surface area contributed by atoms with Crippen molar-refractivity contribution in [3.05, 3.63) is 92.0 Å². The first-order chi connectivity index (χ1) is 9.61. The molecule has 2 aromatic carbocycles. The molecule has 0 heterocycles. The Balaban J connectivity index is 2.50. The highest BCUT2D eigenvalue weighted by Crippen LogP contribution is 2.33. The van der Waals surface area contributed by atoms with Crippen LogP contribution in [-0.4, -0.2) is 9.85 Å². The fourth-order valence-electron chi connectivity index (χ4n) is 2.14. The molecule has 0 N–H and O–H groups in total. The van der Waals surface area contributed by atoms with E-state index in [0.29, 0.717) is 11.1 Å². The fourth-order valence-corrected chi connectivity index (χ4v) is 2.14. The van der Waals surface area contributed by atoms with Gasteiger partial charge in [0.25, 0.3) is 0 Å². The lowest BCUT2D eigenvalue weighted by Gasteiger charge is -2.15. The minimum Gasteiger partial charge on any atom is -0.264 e. The van der Waals surface area contributed by atoms with Crippen LogP contribution in [0.1, 0.15) is 23.2 Å². The minimum atomic E-state index is -1.41. The van der Waals surface area contributed by atoms with Crippen molar-refractivity contribution in [1.82, 2.24) is 0 Å². The average molecular weight is 272 g/mol. The van der Waals surface area contributed by atoms with Crippen LogP contribution in [0.25, 0.3) is 0 Å². The van der Waals surface area contributed by atoms with E-state index in [1.807, 2.05) is 0 Å². The molecule has 102 valence electrons. The van der Waals surface area contributed by atoms with Crippen molar-refractivity contribution >= 4 is 0 Å². The summed E-state index contributed by atoms with van der Waals surface area (Å²) in [6.07, 6.45) is 0. The van der Waals surface area contributed by atoms with Gasteiger partial charge in [-0.25, -0.2) is 0 Å². The van der Waals surface area contributed by atoms with Crippen molar-refractivity contribution < 1.29 is 9.85 Å². The van der Waals surface area contributed by atoms with Gasteiger partial charge >= 0.3 is 12.1 Å². The van der Waals surface area contributed by atoms with E-state index in [2.05, 4.69) is 0 Å². The number of rotatable bonds is 5. The Hall–Kier alpha value is -2.76. The summed E-state index contributed by atoms with van der Waals surface area (Å²) < 4.78 is 0. The van der Waals surface area contributed by atoms with E-state index in [1.165, 1.54) is 24.3 Å². The van der Waals surface area contributed by atoms with Crippen LogP contribution in [0.5, 0.6) is 0 Å². The largest absolute Gasteiger partial charge is 0.308 e. The summed E-state index contributed by atoms with van der Waals surface area (Å²) in [6.45, 7) is 0. The topological polar surface area (TPSA) is 86.3 Å². The van der Waals surface area contributed by atoms with Crippen molar-refractivity contribution in [3.8, 4) is 0 Å². The number of nitro groups is 2. The lowest BCUT2D eigenvalue weighted by atomic mass is 9.94. The van der Waals surface area contributed by atoms with Gasteiger partial charge in [0.05, 0.1) is 0 Å². The average Bonchev–Trinajstić information content (AvgIpc) is 2.45. The quantitative estimate of drug-likeness (QED) is 0.618. The van der Waals surface area contributed by atoms with E-state index in [4.69, 9.17) is 0 Å². The molecule has 6 heteroatoms. The van der Waals surface area contributed by atoms with Gasteiger partial charge in [0.1, 0.15) is 0 Å². The summed E-state index contributed by atoms with van der Waals surface area (Å²) in [5, 5.41) is 22.6. The van der Waals surface area contributed by atoms with E-state index in [9.17, 15) is 20.2 Å². The molecular formula is C14H12N2O4. The summed E-state index contributed by atoms with van der Waals surface area (Å²) in [5.41, 5.74) is 0.645. The maximum atomic E-state index is 11.3. The Morgan fingerprint density at radius 3 is 1.20 bits per heavy atom.